The molecule has 0 saturated heterocycles. The number of nitro groups is 1. The summed E-state index contributed by atoms with van der Waals surface area (Å²) in [5, 5.41) is 20.0. The fourth-order valence-corrected chi connectivity index (χ4v) is 1.48. The van der Waals surface area contributed by atoms with Crippen LogP contribution >= 0.6 is 0 Å². The van der Waals surface area contributed by atoms with Crippen molar-refractivity contribution < 1.29 is 9.72 Å². The number of aromatic nitrogens is 4. The molecule has 104 valence electrons. The van der Waals surface area contributed by atoms with E-state index in [2.05, 4.69) is 25.7 Å². The van der Waals surface area contributed by atoms with Crippen LogP contribution in [0.15, 0.2) is 18.5 Å². The number of hydrogen-bond acceptors (Lipinski definition) is 7. The SMILES string of the molecule is CNC(=O)c1ccn(-c2nc(NC)ncc2[N+](=O)[O-])n1. The number of anilines is 1. The fraction of sp³-hybridized carbons (Fsp3) is 0.200. The van der Waals surface area contributed by atoms with Crippen molar-refractivity contribution in [3.05, 3.63) is 34.3 Å². The normalized spacial score (nSPS) is 10.1. The van der Waals surface area contributed by atoms with Crippen LogP contribution in [0, 0.1) is 10.1 Å². The van der Waals surface area contributed by atoms with Crippen LogP contribution in [0.25, 0.3) is 5.82 Å². The van der Waals surface area contributed by atoms with Crippen molar-refractivity contribution >= 4 is 17.5 Å². The van der Waals surface area contributed by atoms with Gasteiger partial charge in [-0.05, 0) is 6.07 Å². The van der Waals surface area contributed by atoms with Gasteiger partial charge in [0.05, 0.1) is 4.92 Å². The Morgan fingerprint density at radius 1 is 1.45 bits per heavy atom. The van der Waals surface area contributed by atoms with E-state index < -0.39 is 10.8 Å². The van der Waals surface area contributed by atoms with Crippen molar-refractivity contribution in [1.29, 1.82) is 0 Å². The quantitative estimate of drug-likeness (QED) is 0.593. The van der Waals surface area contributed by atoms with Gasteiger partial charge in [-0.25, -0.2) is 9.67 Å². The van der Waals surface area contributed by atoms with Gasteiger partial charge in [-0.3, -0.25) is 14.9 Å². The number of rotatable bonds is 4. The standard InChI is InChI=1S/C10H11N7O3/c1-11-9(18)6-3-4-16(15-6)8-7(17(19)20)5-13-10(12-2)14-8/h3-5H,1-2H3,(H,11,18)(H,12,13,14). The number of nitrogens with one attached hydrogen (secondary N) is 2. The summed E-state index contributed by atoms with van der Waals surface area (Å²) in [7, 11) is 3.05. The molecule has 2 heterocycles. The van der Waals surface area contributed by atoms with E-state index in [1.54, 1.807) is 7.05 Å². The Morgan fingerprint density at radius 2 is 2.20 bits per heavy atom. The minimum absolute atomic E-state index is 0.0236. The van der Waals surface area contributed by atoms with E-state index in [-0.39, 0.29) is 23.1 Å². The summed E-state index contributed by atoms with van der Waals surface area (Å²) in [6.07, 6.45) is 2.49. The molecule has 10 heteroatoms. The first-order valence-corrected chi connectivity index (χ1v) is 5.54. The molecule has 0 aliphatic heterocycles. The zero-order valence-corrected chi connectivity index (χ0v) is 10.7. The molecule has 0 atom stereocenters. The molecule has 0 spiro atoms. The van der Waals surface area contributed by atoms with E-state index in [4.69, 9.17) is 0 Å². The molecule has 2 rings (SSSR count). The van der Waals surface area contributed by atoms with Crippen molar-refractivity contribution in [1.82, 2.24) is 25.1 Å². The topological polar surface area (TPSA) is 128 Å². The zero-order chi connectivity index (χ0) is 14.7. The predicted octanol–water partition coefficient (Wildman–Crippen LogP) is -0.0282. The molecule has 0 aromatic carbocycles. The molecule has 2 aromatic heterocycles. The van der Waals surface area contributed by atoms with Crippen LogP contribution in [0.3, 0.4) is 0 Å². The second-order valence-electron chi connectivity index (χ2n) is 3.63. The first-order valence-electron chi connectivity index (χ1n) is 5.54. The maximum Gasteiger partial charge on any atom is 0.332 e. The van der Waals surface area contributed by atoms with E-state index in [1.807, 2.05) is 0 Å². The van der Waals surface area contributed by atoms with Crippen LogP contribution in [0.2, 0.25) is 0 Å². The zero-order valence-electron chi connectivity index (χ0n) is 10.7. The van der Waals surface area contributed by atoms with Gasteiger partial charge in [-0.1, -0.05) is 0 Å². The molecule has 0 radical (unpaired) electrons. The molecule has 2 aromatic rings. The van der Waals surface area contributed by atoms with Gasteiger partial charge in [0.1, 0.15) is 6.20 Å². The lowest BCUT2D eigenvalue weighted by Crippen LogP contribution is -2.18. The molecular formula is C10H11N7O3. The highest BCUT2D eigenvalue weighted by atomic mass is 16.6. The summed E-state index contributed by atoms with van der Waals surface area (Å²) < 4.78 is 1.16. The molecule has 0 bridgehead atoms. The summed E-state index contributed by atoms with van der Waals surface area (Å²) in [6.45, 7) is 0. The number of hydrogen-bond donors (Lipinski definition) is 2. The third-order valence-corrected chi connectivity index (χ3v) is 2.44. The largest absolute Gasteiger partial charge is 0.357 e. The lowest BCUT2D eigenvalue weighted by atomic mass is 10.4. The minimum Gasteiger partial charge on any atom is -0.357 e. The molecule has 1 amide bonds. The Bertz CT molecular complexity index is 667. The fourth-order valence-electron chi connectivity index (χ4n) is 1.48. The van der Waals surface area contributed by atoms with E-state index in [1.165, 1.54) is 19.3 Å². The summed E-state index contributed by atoms with van der Waals surface area (Å²) in [4.78, 5) is 29.6. The van der Waals surface area contributed by atoms with E-state index in [9.17, 15) is 14.9 Å². The van der Waals surface area contributed by atoms with Gasteiger partial charge < -0.3 is 10.6 Å². The maximum atomic E-state index is 11.4. The van der Waals surface area contributed by atoms with E-state index in [0.717, 1.165) is 10.9 Å². The first-order chi connectivity index (χ1) is 9.56. The molecule has 0 aliphatic carbocycles. The average Bonchev–Trinajstić information content (AvgIpc) is 2.95. The molecule has 20 heavy (non-hydrogen) atoms. The van der Waals surface area contributed by atoms with Gasteiger partial charge >= 0.3 is 5.69 Å². The maximum absolute atomic E-state index is 11.4. The smallest absolute Gasteiger partial charge is 0.332 e. The Morgan fingerprint density at radius 3 is 2.80 bits per heavy atom. The molecular weight excluding hydrogens is 266 g/mol. The van der Waals surface area contributed by atoms with Gasteiger partial charge in [0.15, 0.2) is 5.69 Å². The van der Waals surface area contributed by atoms with Gasteiger partial charge in [0.2, 0.25) is 11.8 Å². The Balaban J connectivity index is 2.52. The molecule has 0 saturated carbocycles. The van der Waals surface area contributed by atoms with Crippen molar-refractivity contribution in [2.24, 2.45) is 0 Å². The third-order valence-electron chi connectivity index (χ3n) is 2.44. The number of carbonyl (C=O) groups is 1. The van der Waals surface area contributed by atoms with Crippen molar-refractivity contribution in [2.45, 2.75) is 0 Å². The van der Waals surface area contributed by atoms with Crippen LogP contribution in [0.1, 0.15) is 10.5 Å². The minimum atomic E-state index is -0.615. The number of carbonyl (C=O) groups excluding carboxylic acids is 1. The van der Waals surface area contributed by atoms with E-state index >= 15 is 0 Å². The first kappa shape index (κ1) is 13.4. The Hall–Kier alpha value is -3.04. The highest BCUT2D eigenvalue weighted by Gasteiger charge is 2.20. The monoisotopic (exact) mass is 277 g/mol. The van der Waals surface area contributed by atoms with Crippen LogP contribution < -0.4 is 10.6 Å². The van der Waals surface area contributed by atoms with E-state index in [0.29, 0.717) is 0 Å². The summed E-state index contributed by atoms with van der Waals surface area (Å²) >= 11 is 0. The average molecular weight is 277 g/mol. The van der Waals surface area contributed by atoms with Crippen molar-refractivity contribution in [2.75, 3.05) is 19.4 Å². The van der Waals surface area contributed by atoms with Gasteiger partial charge in [0.25, 0.3) is 5.91 Å². The molecule has 0 unspecified atom stereocenters. The molecule has 2 N–H and O–H groups in total. The summed E-state index contributed by atoms with van der Waals surface area (Å²) in [5.41, 5.74) is -0.179. The van der Waals surface area contributed by atoms with Gasteiger partial charge in [0, 0.05) is 20.3 Å². The van der Waals surface area contributed by atoms with Gasteiger partial charge in [-0.15, -0.1) is 0 Å². The van der Waals surface area contributed by atoms with Gasteiger partial charge in [-0.2, -0.15) is 10.1 Å². The Labute approximate surface area is 113 Å². The number of amides is 1. The second kappa shape index (κ2) is 5.30. The van der Waals surface area contributed by atoms with Crippen molar-refractivity contribution in [3.63, 3.8) is 0 Å². The van der Waals surface area contributed by atoms with Crippen molar-refractivity contribution in [3.8, 4) is 5.82 Å². The summed E-state index contributed by atoms with van der Waals surface area (Å²) in [5.74, 6) is -0.207. The molecule has 10 nitrogen and oxygen atoms in total. The Kier molecular flexibility index (Phi) is 3.55. The van der Waals surface area contributed by atoms with Crippen LogP contribution in [-0.4, -0.2) is 44.7 Å². The number of nitrogens with zero attached hydrogens (tertiary/aromatic N) is 5. The summed E-state index contributed by atoms with van der Waals surface area (Å²) in [6, 6.07) is 1.43. The highest BCUT2D eigenvalue weighted by Crippen LogP contribution is 2.20. The molecule has 0 aliphatic rings. The lowest BCUT2D eigenvalue weighted by Gasteiger charge is -2.04. The predicted molar refractivity (Wildman–Crippen MR) is 68.7 cm³/mol. The molecule has 0 fully saturated rings. The van der Waals surface area contributed by atoms with Crippen LogP contribution in [0.4, 0.5) is 11.6 Å². The highest BCUT2D eigenvalue weighted by molar-refractivity contribution is 5.91. The second-order valence-corrected chi connectivity index (χ2v) is 3.63. The lowest BCUT2D eigenvalue weighted by molar-refractivity contribution is -0.385. The van der Waals surface area contributed by atoms with Crippen LogP contribution in [0.5, 0.6) is 0 Å². The van der Waals surface area contributed by atoms with Crippen LogP contribution in [-0.2, 0) is 0 Å². The third kappa shape index (κ3) is 2.39.